The predicted octanol–water partition coefficient (Wildman–Crippen LogP) is 2.89. The van der Waals surface area contributed by atoms with Crippen molar-refractivity contribution in [2.45, 2.75) is 4.90 Å². The van der Waals surface area contributed by atoms with E-state index in [1.807, 2.05) is 24.3 Å². The maximum atomic E-state index is 5.67. The molecular weight excluding hydrogens is 282 g/mol. The Kier molecular flexibility index (Phi) is 3.64. The summed E-state index contributed by atoms with van der Waals surface area (Å²) in [5.74, 6) is 6.25. The molecule has 0 aliphatic carbocycles. The van der Waals surface area contributed by atoms with Crippen LogP contribution in [0.5, 0.6) is 0 Å². The lowest BCUT2D eigenvalue weighted by Gasteiger charge is -2.09. The monoisotopic (exact) mass is 297 g/mol. The quantitative estimate of drug-likeness (QED) is 0.391. The lowest BCUT2D eigenvalue weighted by Crippen LogP contribution is -2.11. The van der Waals surface area contributed by atoms with Crippen molar-refractivity contribution in [2.75, 3.05) is 17.4 Å². The van der Waals surface area contributed by atoms with E-state index in [1.165, 1.54) is 4.90 Å². The van der Waals surface area contributed by atoms with Gasteiger partial charge in [-0.05, 0) is 41.6 Å². The van der Waals surface area contributed by atoms with Gasteiger partial charge in [0.1, 0.15) is 0 Å². The van der Waals surface area contributed by atoms with Crippen molar-refractivity contribution < 1.29 is 0 Å². The first-order chi connectivity index (χ1) is 10.2. The van der Waals surface area contributed by atoms with Crippen LogP contribution in [0, 0.1) is 0 Å². The third-order valence-corrected chi connectivity index (χ3v) is 3.98. The highest BCUT2D eigenvalue weighted by Gasteiger charge is 2.07. The number of fused-ring (bicyclic) bond motifs is 1. The van der Waals surface area contributed by atoms with Crippen molar-refractivity contribution in [1.29, 1.82) is 0 Å². The minimum Gasteiger partial charge on any atom is -0.368 e. The zero-order valence-electron chi connectivity index (χ0n) is 11.5. The fourth-order valence-electron chi connectivity index (χ4n) is 2.24. The number of anilines is 2. The number of rotatable bonds is 3. The molecule has 1 aromatic heterocycles. The van der Waals surface area contributed by atoms with Crippen LogP contribution in [0.25, 0.3) is 22.0 Å². The van der Waals surface area contributed by atoms with Crippen molar-refractivity contribution in [2.24, 2.45) is 5.84 Å². The summed E-state index contributed by atoms with van der Waals surface area (Å²) in [6.07, 6.45) is 2.06. The normalized spacial score (nSPS) is 10.8. The maximum absolute atomic E-state index is 5.67. The van der Waals surface area contributed by atoms with Crippen LogP contribution in [0.15, 0.2) is 47.4 Å². The largest absolute Gasteiger partial charge is 0.368 e. The summed E-state index contributed by atoms with van der Waals surface area (Å²) in [5, 5.41) is 0.846. The van der Waals surface area contributed by atoms with Gasteiger partial charge in [0.2, 0.25) is 5.95 Å². The average Bonchev–Trinajstić information content (AvgIpc) is 2.53. The molecule has 0 amide bonds. The Bertz CT molecular complexity index is 803. The minimum absolute atomic E-state index is 0.201. The molecule has 0 bridgehead atoms. The van der Waals surface area contributed by atoms with Gasteiger partial charge in [-0.1, -0.05) is 18.2 Å². The van der Waals surface area contributed by atoms with Gasteiger partial charge < -0.3 is 11.2 Å². The van der Waals surface area contributed by atoms with Gasteiger partial charge in [0.05, 0.1) is 5.52 Å². The number of aromatic nitrogens is 2. The number of hydrogen-bond donors (Lipinski definition) is 3. The zero-order chi connectivity index (χ0) is 14.8. The van der Waals surface area contributed by atoms with Crippen LogP contribution in [0.4, 0.5) is 11.8 Å². The standard InChI is InChI=1S/C15H15N5S/c1-21-11-4-2-3-9(7-11)10-5-6-13-12(8-10)14(20-17)19-15(16)18-13/h2-8H,17H2,1H3,(H3,16,18,19,20). The van der Waals surface area contributed by atoms with Crippen molar-refractivity contribution in [3.63, 3.8) is 0 Å². The van der Waals surface area contributed by atoms with Gasteiger partial charge in [0.25, 0.3) is 0 Å². The molecule has 3 aromatic rings. The molecule has 3 rings (SSSR count). The molecule has 0 spiro atoms. The summed E-state index contributed by atoms with van der Waals surface area (Å²) < 4.78 is 0. The second kappa shape index (κ2) is 5.59. The zero-order valence-corrected chi connectivity index (χ0v) is 12.3. The maximum Gasteiger partial charge on any atom is 0.222 e. The highest BCUT2D eigenvalue weighted by Crippen LogP contribution is 2.29. The fraction of sp³-hybridized carbons (Fsp3) is 0.0667. The van der Waals surface area contributed by atoms with Gasteiger partial charge in [-0.3, -0.25) is 0 Å². The Hall–Kier alpha value is -2.31. The van der Waals surface area contributed by atoms with Gasteiger partial charge in [0.15, 0.2) is 5.82 Å². The van der Waals surface area contributed by atoms with Gasteiger partial charge in [0, 0.05) is 10.3 Å². The highest BCUT2D eigenvalue weighted by molar-refractivity contribution is 7.98. The second-order valence-electron chi connectivity index (χ2n) is 4.54. The smallest absolute Gasteiger partial charge is 0.222 e. The van der Waals surface area contributed by atoms with Crippen LogP contribution in [0.2, 0.25) is 0 Å². The van der Waals surface area contributed by atoms with Crippen molar-refractivity contribution >= 4 is 34.4 Å². The topological polar surface area (TPSA) is 89.8 Å². The molecule has 0 aliphatic rings. The molecule has 5 nitrogen and oxygen atoms in total. The molecule has 106 valence electrons. The molecule has 0 atom stereocenters. The SMILES string of the molecule is CSc1cccc(-c2ccc3nc(N)nc(NN)c3c2)c1. The fourth-order valence-corrected chi connectivity index (χ4v) is 2.70. The molecule has 1 heterocycles. The summed E-state index contributed by atoms with van der Waals surface area (Å²) in [7, 11) is 0. The van der Waals surface area contributed by atoms with Gasteiger partial charge in [-0.25, -0.2) is 10.8 Å². The highest BCUT2D eigenvalue weighted by atomic mass is 32.2. The first kappa shape index (κ1) is 13.7. The van der Waals surface area contributed by atoms with E-state index < -0.39 is 0 Å². The number of nitrogens with zero attached hydrogens (tertiary/aromatic N) is 2. The Labute approximate surface area is 126 Å². The van der Waals surface area contributed by atoms with Crippen LogP contribution in [0.1, 0.15) is 0 Å². The first-order valence-corrected chi connectivity index (χ1v) is 7.62. The van der Waals surface area contributed by atoms with Gasteiger partial charge >= 0.3 is 0 Å². The molecule has 5 N–H and O–H groups in total. The van der Waals surface area contributed by atoms with Crippen LogP contribution in [0.3, 0.4) is 0 Å². The molecule has 6 heteroatoms. The van der Waals surface area contributed by atoms with E-state index in [0.29, 0.717) is 5.82 Å². The number of hydrazine groups is 1. The summed E-state index contributed by atoms with van der Waals surface area (Å²) in [6, 6.07) is 14.3. The van der Waals surface area contributed by atoms with E-state index in [1.54, 1.807) is 11.8 Å². The number of nitrogens with two attached hydrogens (primary N) is 2. The number of hydrogen-bond acceptors (Lipinski definition) is 6. The number of thioether (sulfide) groups is 1. The molecule has 0 saturated heterocycles. The van der Waals surface area contributed by atoms with E-state index in [2.05, 4.69) is 39.8 Å². The third-order valence-electron chi connectivity index (χ3n) is 3.25. The van der Waals surface area contributed by atoms with Crippen molar-refractivity contribution in [3.05, 3.63) is 42.5 Å². The lowest BCUT2D eigenvalue weighted by molar-refractivity contribution is 1.19. The van der Waals surface area contributed by atoms with E-state index in [0.717, 1.165) is 22.0 Å². The molecule has 21 heavy (non-hydrogen) atoms. The second-order valence-corrected chi connectivity index (χ2v) is 5.42. The van der Waals surface area contributed by atoms with Gasteiger partial charge in [-0.15, -0.1) is 11.8 Å². The molecular formula is C15H15N5S. The van der Waals surface area contributed by atoms with Crippen LogP contribution < -0.4 is 17.0 Å². The molecule has 0 radical (unpaired) electrons. The summed E-state index contributed by atoms with van der Waals surface area (Å²) in [4.78, 5) is 9.56. The minimum atomic E-state index is 0.201. The van der Waals surface area contributed by atoms with Crippen LogP contribution >= 0.6 is 11.8 Å². The van der Waals surface area contributed by atoms with Gasteiger partial charge in [-0.2, -0.15) is 4.98 Å². The lowest BCUT2D eigenvalue weighted by atomic mass is 10.0. The Morgan fingerprint density at radius 1 is 1.05 bits per heavy atom. The summed E-state index contributed by atoms with van der Waals surface area (Å²) >= 11 is 1.72. The Morgan fingerprint density at radius 3 is 2.62 bits per heavy atom. The Morgan fingerprint density at radius 2 is 1.86 bits per heavy atom. The van der Waals surface area contributed by atoms with Crippen LogP contribution in [-0.2, 0) is 0 Å². The van der Waals surface area contributed by atoms with Crippen molar-refractivity contribution in [1.82, 2.24) is 9.97 Å². The molecule has 0 unspecified atom stereocenters. The third kappa shape index (κ3) is 2.63. The summed E-state index contributed by atoms with van der Waals surface area (Å²) in [5.41, 5.74) is 11.2. The first-order valence-electron chi connectivity index (χ1n) is 6.39. The number of nitrogens with one attached hydrogen (secondary N) is 1. The predicted molar refractivity (Wildman–Crippen MR) is 89.0 cm³/mol. The van der Waals surface area contributed by atoms with Crippen LogP contribution in [-0.4, -0.2) is 16.2 Å². The molecule has 0 aliphatic heterocycles. The number of benzene rings is 2. The number of nitrogen functional groups attached to an aromatic ring is 2. The molecule has 2 aromatic carbocycles. The summed E-state index contributed by atoms with van der Waals surface area (Å²) in [6.45, 7) is 0. The average molecular weight is 297 g/mol. The molecule has 0 saturated carbocycles. The van der Waals surface area contributed by atoms with E-state index in [-0.39, 0.29) is 5.95 Å². The van der Waals surface area contributed by atoms with E-state index >= 15 is 0 Å². The van der Waals surface area contributed by atoms with Crippen molar-refractivity contribution in [3.8, 4) is 11.1 Å². The van der Waals surface area contributed by atoms with E-state index in [4.69, 9.17) is 11.6 Å². The molecule has 0 fully saturated rings. The van der Waals surface area contributed by atoms with E-state index in [9.17, 15) is 0 Å². The Balaban J connectivity index is 2.18.